The molecule has 3 nitrogen and oxygen atoms in total. The van der Waals surface area contributed by atoms with Gasteiger partial charge in [0.05, 0.1) is 24.9 Å². The molecule has 1 saturated heterocycles. The van der Waals surface area contributed by atoms with Crippen LogP contribution in [0.15, 0.2) is 0 Å². The van der Waals surface area contributed by atoms with Gasteiger partial charge in [0.1, 0.15) is 0 Å². The van der Waals surface area contributed by atoms with E-state index in [0.29, 0.717) is 6.04 Å². The van der Waals surface area contributed by atoms with Crippen LogP contribution in [-0.2, 0) is 9.47 Å². The van der Waals surface area contributed by atoms with Crippen LogP contribution in [-0.4, -0.2) is 38.0 Å². The molecule has 0 aromatic heterocycles. The first-order valence-electron chi connectivity index (χ1n) is 4.59. The maximum Gasteiger partial charge on any atom is 0.0750 e. The van der Waals surface area contributed by atoms with Crippen LogP contribution in [0.2, 0.25) is 0 Å². The zero-order valence-electron chi connectivity index (χ0n) is 8.22. The Balaban J connectivity index is 2.10. The summed E-state index contributed by atoms with van der Waals surface area (Å²) in [5.74, 6) is 0. The van der Waals surface area contributed by atoms with Crippen molar-refractivity contribution >= 4 is 0 Å². The van der Waals surface area contributed by atoms with Crippen LogP contribution < -0.4 is 5.32 Å². The zero-order valence-corrected chi connectivity index (χ0v) is 8.22. The van der Waals surface area contributed by atoms with Gasteiger partial charge in [-0.1, -0.05) is 0 Å². The fraction of sp³-hybridized carbons (Fsp3) is 1.00. The molecule has 0 unspecified atom stereocenters. The predicted molar refractivity (Wildman–Crippen MR) is 48.3 cm³/mol. The third-order valence-corrected chi connectivity index (χ3v) is 1.99. The Kier molecular flexibility index (Phi) is 3.50. The second-order valence-corrected chi connectivity index (χ2v) is 3.81. The lowest BCUT2D eigenvalue weighted by Crippen LogP contribution is -2.51. The van der Waals surface area contributed by atoms with E-state index in [1.165, 1.54) is 0 Å². The number of hydrogen-bond donors (Lipinski definition) is 1. The van der Waals surface area contributed by atoms with E-state index in [-0.39, 0.29) is 5.60 Å². The highest BCUT2D eigenvalue weighted by Crippen LogP contribution is 2.08. The van der Waals surface area contributed by atoms with Crippen molar-refractivity contribution in [3.8, 4) is 0 Å². The molecule has 0 bridgehead atoms. The van der Waals surface area contributed by atoms with Crippen LogP contribution in [0.3, 0.4) is 0 Å². The van der Waals surface area contributed by atoms with Crippen LogP contribution in [0.1, 0.15) is 20.8 Å². The number of hydrogen-bond acceptors (Lipinski definition) is 3. The normalized spacial score (nSPS) is 19.2. The van der Waals surface area contributed by atoms with Gasteiger partial charge in [0, 0.05) is 13.2 Å². The molecule has 3 heteroatoms. The van der Waals surface area contributed by atoms with Crippen molar-refractivity contribution in [2.45, 2.75) is 32.4 Å². The molecule has 0 aliphatic carbocycles. The Hall–Kier alpha value is -0.120. The Bertz CT molecular complexity index is 132. The van der Waals surface area contributed by atoms with E-state index in [4.69, 9.17) is 9.47 Å². The Morgan fingerprint density at radius 2 is 2.17 bits per heavy atom. The summed E-state index contributed by atoms with van der Waals surface area (Å²) < 4.78 is 10.6. The third kappa shape index (κ3) is 3.09. The molecule has 1 aliphatic heterocycles. The molecule has 12 heavy (non-hydrogen) atoms. The zero-order chi connectivity index (χ0) is 9.03. The molecule has 1 rings (SSSR count). The molecule has 1 fully saturated rings. The topological polar surface area (TPSA) is 30.5 Å². The summed E-state index contributed by atoms with van der Waals surface area (Å²) in [7, 11) is 0. The van der Waals surface area contributed by atoms with Crippen molar-refractivity contribution in [1.82, 2.24) is 5.32 Å². The monoisotopic (exact) mass is 173 g/mol. The van der Waals surface area contributed by atoms with E-state index in [1.807, 2.05) is 6.92 Å². The first-order valence-corrected chi connectivity index (χ1v) is 4.59. The van der Waals surface area contributed by atoms with E-state index in [0.717, 1.165) is 26.4 Å². The molecular formula is C9H19NO2. The van der Waals surface area contributed by atoms with Gasteiger partial charge < -0.3 is 14.8 Å². The predicted octanol–water partition coefficient (Wildman–Crippen LogP) is 0.790. The summed E-state index contributed by atoms with van der Waals surface area (Å²) in [6.45, 7) is 9.59. The van der Waals surface area contributed by atoms with Crippen molar-refractivity contribution in [2.24, 2.45) is 0 Å². The van der Waals surface area contributed by atoms with Crippen LogP contribution in [0.4, 0.5) is 0 Å². The number of nitrogens with one attached hydrogen (secondary N) is 1. The molecule has 1 heterocycles. The fourth-order valence-electron chi connectivity index (χ4n) is 1.19. The van der Waals surface area contributed by atoms with Crippen LogP contribution in [0.25, 0.3) is 0 Å². The van der Waals surface area contributed by atoms with Gasteiger partial charge in [0.15, 0.2) is 0 Å². The van der Waals surface area contributed by atoms with Gasteiger partial charge in [-0.05, 0) is 20.8 Å². The Labute approximate surface area is 74.4 Å². The van der Waals surface area contributed by atoms with Crippen molar-refractivity contribution in [3.05, 3.63) is 0 Å². The van der Waals surface area contributed by atoms with Gasteiger partial charge in [-0.2, -0.15) is 0 Å². The highest BCUT2D eigenvalue weighted by Gasteiger charge is 2.23. The molecule has 0 radical (unpaired) electrons. The molecule has 72 valence electrons. The van der Waals surface area contributed by atoms with Crippen molar-refractivity contribution < 1.29 is 9.47 Å². The molecular weight excluding hydrogens is 154 g/mol. The number of rotatable bonds is 5. The summed E-state index contributed by atoms with van der Waals surface area (Å²) in [5, 5.41) is 3.39. The summed E-state index contributed by atoms with van der Waals surface area (Å²) >= 11 is 0. The van der Waals surface area contributed by atoms with Crippen LogP contribution in [0.5, 0.6) is 0 Å². The smallest absolute Gasteiger partial charge is 0.0750 e. The van der Waals surface area contributed by atoms with E-state index in [1.54, 1.807) is 0 Å². The van der Waals surface area contributed by atoms with Gasteiger partial charge in [-0.25, -0.2) is 0 Å². The minimum absolute atomic E-state index is 0.0512. The lowest BCUT2D eigenvalue weighted by atomic mass is 10.1. The van der Waals surface area contributed by atoms with E-state index < -0.39 is 0 Å². The van der Waals surface area contributed by atoms with E-state index >= 15 is 0 Å². The van der Waals surface area contributed by atoms with Crippen LogP contribution >= 0.6 is 0 Å². The number of ether oxygens (including phenoxy) is 2. The highest BCUT2D eigenvalue weighted by molar-refractivity contribution is 4.79. The van der Waals surface area contributed by atoms with Crippen molar-refractivity contribution in [2.75, 3.05) is 26.4 Å². The minimum atomic E-state index is -0.0512. The molecule has 0 spiro atoms. The summed E-state index contributed by atoms with van der Waals surface area (Å²) in [6.07, 6.45) is 0. The standard InChI is InChI=1S/C9H19NO2/c1-4-12-9(2,3)7-10-8-5-11-6-8/h8,10H,4-7H2,1-3H3. The van der Waals surface area contributed by atoms with Crippen molar-refractivity contribution in [3.63, 3.8) is 0 Å². The molecule has 0 aromatic carbocycles. The molecule has 1 N–H and O–H groups in total. The Morgan fingerprint density at radius 1 is 1.50 bits per heavy atom. The lowest BCUT2D eigenvalue weighted by Gasteiger charge is -2.32. The molecule has 0 amide bonds. The first-order chi connectivity index (χ1) is 5.64. The minimum Gasteiger partial charge on any atom is -0.378 e. The molecule has 0 aromatic rings. The van der Waals surface area contributed by atoms with Gasteiger partial charge in [0.2, 0.25) is 0 Å². The second-order valence-electron chi connectivity index (χ2n) is 3.81. The second kappa shape index (κ2) is 4.21. The summed E-state index contributed by atoms with van der Waals surface area (Å²) in [4.78, 5) is 0. The Morgan fingerprint density at radius 3 is 2.58 bits per heavy atom. The SMILES string of the molecule is CCOC(C)(C)CNC1COC1. The van der Waals surface area contributed by atoms with Gasteiger partial charge in [-0.3, -0.25) is 0 Å². The third-order valence-electron chi connectivity index (χ3n) is 1.99. The lowest BCUT2D eigenvalue weighted by molar-refractivity contribution is -0.0384. The first kappa shape index (κ1) is 9.96. The van der Waals surface area contributed by atoms with Crippen LogP contribution in [0, 0.1) is 0 Å². The maximum absolute atomic E-state index is 5.54. The van der Waals surface area contributed by atoms with Gasteiger partial charge in [0.25, 0.3) is 0 Å². The molecule has 0 atom stereocenters. The molecule has 1 aliphatic rings. The van der Waals surface area contributed by atoms with E-state index in [2.05, 4.69) is 19.2 Å². The van der Waals surface area contributed by atoms with Crippen molar-refractivity contribution in [1.29, 1.82) is 0 Å². The van der Waals surface area contributed by atoms with Gasteiger partial charge >= 0.3 is 0 Å². The average molecular weight is 173 g/mol. The quantitative estimate of drug-likeness (QED) is 0.666. The maximum atomic E-state index is 5.54. The highest BCUT2D eigenvalue weighted by atomic mass is 16.5. The summed E-state index contributed by atoms with van der Waals surface area (Å²) in [6, 6.07) is 0.546. The molecule has 0 saturated carbocycles. The fourth-order valence-corrected chi connectivity index (χ4v) is 1.19. The average Bonchev–Trinajstić information content (AvgIpc) is 1.82. The largest absolute Gasteiger partial charge is 0.378 e. The summed E-state index contributed by atoms with van der Waals surface area (Å²) in [5.41, 5.74) is -0.0512. The van der Waals surface area contributed by atoms with E-state index in [9.17, 15) is 0 Å². The van der Waals surface area contributed by atoms with Gasteiger partial charge in [-0.15, -0.1) is 0 Å².